The lowest BCUT2D eigenvalue weighted by molar-refractivity contribution is 0.0600. The van der Waals surface area contributed by atoms with Gasteiger partial charge in [0.1, 0.15) is 0 Å². The number of piperidine rings is 1. The van der Waals surface area contributed by atoms with Crippen LogP contribution in [0.3, 0.4) is 0 Å². The Morgan fingerprint density at radius 3 is 2.60 bits per heavy atom. The first kappa shape index (κ1) is 17.6. The predicted molar refractivity (Wildman–Crippen MR) is 91.7 cm³/mol. The van der Waals surface area contributed by atoms with Crippen molar-refractivity contribution in [2.75, 3.05) is 20.2 Å². The van der Waals surface area contributed by atoms with Crippen LogP contribution >= 0.6 is 0 Å². The third-order valence-electron chi connectivity index (χ3n) is 4.49. The van der Waals surface area contributed by atoms with Crippen molar-refractivity contribution in [2.45, 2.75) is 23.7 Å². The standard InChI is InChI=1S/C17H21N3O4S/c1-19-11-15(10-18-19)14-4-3-9-20(12-14)25(22,23)16-7-5-13(6-8-16)17(21)24-2/h5-8,10-11,14H,3-4,9,12H2,1-2H3. The zero-order valence-electron chi connectivity index (χ0n) is 14.3. The molecule has 2 heterocycles. The number of carbonyl (C=O) groups excluding carboxylic acids is 1. The van der Waals surface area contributed by atoms with Crippen molar-refractivity contribution in [2.24, 2.45) is 7.05 Å². The van der Waals surface area contributed by atoms with E-state index in [4.69, 9.17) is 0 Å². The maximum atomic E-state index is 12.9. The van der Waals surface area contributed by atoms with Crippen LogP contribution in [0.5, 0.6) is 0 Å². The molecule has 0 bridgehead atoms. The lowest BCUT2D eigenvalue weighted by Crippen LogP contribution is -2.39. The number of methoxy groups -OCH3 is 1. The highest BCUT2D eigenvalue weighted by atomic mass is 32.2. The Morgan fingerprint density at radius 2 is 2.00 bits per heavy atom. The Morgan fingerprint density at radius 1 is 1.28 bits per heavy atom. The lowest BCUT2D eigenvalue weighted by atomic mass is 9.94. The fourth-order valence-corrected chi connectivity index (χ4v) is 4.64. The molecule has 1 unspecified atom stereocenters. The number of aromatic nitrogens is 2. The monoisotopic (exact) mass is 363 g/mol. The number of rotatable bonds is 4. The first-order valence-electron chi connectivity index (χ1n) is 8.09. The van der Waals surface area contributed by atoms with Crippen LogP contribution < -0.4 is 0 Å². The molecule has 0 spiro atoms. The molecule has 1 saturated heterocycles. The molecule has 1 aliphatic heterocycles. The number of aryl methyl sites for hydroxylation is 1. The van der Waals surface area contributed by atoms with Gasteiger partial charge >= 0.3 is 5.97 Å². The molecule has 0 amide bonds. The lowest BCUT2D eigenvalue weighted by Gasteiger charge is -2.31. The summed E-state index contributed by atoms with van der Waals surface area (Å²) < 4.78 is 33.7. The van der Waals surface area contributed by atoms with E-state index < -0.39 is 16.0 Å². The molecule has 1 aromatic carbocycles. The highest BCUT2D eigenvalue weighted by Gasteiger charge is 2.31. The van der Waals surface area contributed by atoms with Crippen LogP contribution in [0.1, 0.15) is 34.7 Å². The number of hydrogen-bond donors (Lipinski definition) is 0. The Kier molecular flexibility index (Phi) is 4.91. The van der Waals surface area contributed by atoms with Gasteiger partial charge in [0, 0.05) is 32.3 Å². The maximum Gasteiger partial charge on any atom is 0.337 e. The van der Waals surface area contributed by atoms with Crippen molar-refractivity contribution in [1.82, 2.24) is 14.1 Å². The van der Waals surface area contributed by atoms with Gasteiger partial charge in [-0.2, -0.15) is 9.40 Å². The van der Waals surface area contributed by atoms with E-state index in [2.05, 4.69) is 9.84 Å². The van der Waals surface area contributed by atoms with Gasteiger partial charge in [0.05, 0.1) is 23.8 Å². The second kappa shape index (κ2) is 6.97. The number of ether oxygens (including phenoxy) is 1. The van der Waals surface area contributed by atoms with Crippen molar-refractivity contribution in [3.63, 3.8) is 0 Å². The Labute approximate surface area is 147 Å². The number of hydrogen-bond acceptors (Lipinski definition) is 5. The van der Waals surface area contributed by atoms with Gasteiger partial charge in [-0.25, -0.2) is 13.2 Å². The smallest absolute Gasteiger partial charge is 0.337 e. The van der Waals surface area contributed by atoms with Crippen LogP contribution in [0.15, 0.2) is 41.6 Å². The molecule has 3 rings (SSSR count). The molecule has 0 radical (unpaired) electrons. The van der Waals surface area contributed by atoms with E-state index in [9.17, 15) is 13.2 Å². The third-order valence-corrected chi connectivity index (χ3v) is 6.37. The zero-order valence-corrected chi connectivity index (χ0v) is 15.1. The van der Waals surface area contributed by atoms with Crippen molar-refractivity contribution in [3.05, 3.63) is 47.8 Å². The second-order valence-electron chi connectivity index (χ2n) is 6.17. The van der Waals surface area contributed by atoms with Crippen LogP contribution in [-0.2, 0) is 21.8 Å². The summed E-state index contributed by atoms with van der Waals surface area (Å²) in [5, 5.41) is 4.18. The normalized spacial score (nSPS) is 18.9. The van der Waals surface area contributed by atoms with Crippen molar-refractivity contribution in [1.29, 1.82) is 0 Å². The number of esters is 1. The van der Waals surface area contributed by atoms with E-state index in [1.807, 2.05) is 13.2 Å². The van der Waals surface area contributed by atoms with E-state index in [0.29, 0.717) is 18.7 Å². The van der Waals surface area contributed by atoms with E-state index in [1.54, 1.807) is 10.9 Å². The van der Waals surface area contributed by atoms with Gasteiger partial charge in [-0.3, -0.25) is 4.68 Å². The highest BCUT2D eigenvalue weighted by Crippen LogP contribution is 2.30. The quantitative estimate of drug-likeness (QED) is 0.774. The number of benzene rings is 1. The summed E-state index contributed by atoms with van der Waals surface area (Å²) in [6.45, 7) is 0.935. The second-order valence-corrected chi connectivity index (χ2v) is 8.10. The summed E-state index contributed by atoms with van der Waals surface area (Å²) in [7, 11) is -0.449. The molecule has 25 heavy (non-hydrogen) atoms. The molecule has 0 aliphatic carbocycles. The largest absolute Gasteiger partial charge is 0.465 e. The molecule has 0 saturated carbocycles. The Balaban J connectivity index is 1.80. The van der Waals surface area contributed by atoms with Gasteiger partial charge in [-0.1, -0.05) is 0 Å². The third kappa shape index (κ3) is 3.59. The molecule has 8 heteroatoms. The number of sulfonamides is 1. The molecule has 1 fully saturated rings. The summed E-state index contributed by atoms with van der Waals surface area (Å²) in [5.74, 6) is -0.342. The molecule has 0 N–H and O–H groups in total. The van der Waals surface area contributed by atoms with E-state index >= 15 is 0 Å². The van der Waals surface area contributed by atoms with Gasteiger partial charge < -0.3 is 4.74 Å². The first-order valence-corrected chi connectivity index (χ1v) is 9.53. The minimum atomic E-state index is -3.59. The van der Waals surface area contributed by atoms with E-state index in [-0.39, 0.29) is 10.8 Å². The van der Waals surface area contributed by atoms with Crippen LogP contribution in [0, 0.1) is 0 Å². The van der Waals surface area contributed by atoms with E-state index in [1.165, 1.54) is 35.7 Å². The topological polar surface area (TPSA) is 81.5 Å². The van der Waals surface area contributed by atoms with Gasteiger partial charge in [0.15, 0.2) is 0 Å². The zero-order chi connectivity index (χ0) is 18.0. The highest BCUT2D eigenvalue weighted by molar-refractivity contribution is 7.89. The molecule has 1 atom stereocenters. The fourth-order valence-electron chi connectivity index (χ4n) is 3.11. The van der Waals surface area contributed by atoms with Gasteiger partial charge in [0.25, 0.3) is 0 Å². The molecule has 7 nitrogen and oxygen atoms in total. The van der Waals surface area contributed by atoms with Crippen LogP contribution in [0.4, 0.5) is 0 Å². The molecular formula is C17H21N3O4S. The first-order chi connectivity index (χ1) is 11.9. The van der Waals surface area contributed by atoms with Gasteiger partial charge in [-0.15, -0.1) is 0 Å². The van der Waals surface area contributed by atoms with Crippen LogP contribution in [0.25, 0.3) is 0 Å². The van der Waals surface area contributed by atoms with Crippen LogP contribution in [-0.4, -0.2) is 48.7 Å². The molecule has 134 valence electrons. The van der Waals surface area contributed by atoms with Crippen molar-refractivity contribution < 1.29 is 17.9 Å². The molecule has 2 aromatic rings. The molecule has 1 aromatic heterocycles. The van der Waals surface area contributed by atoms with Crippen molar-refractivity contribution >= 4 is 16.0 Å². The Hall–Kier alpha value is -2.19. The SMILES string of the molecule is COC(=O)c1ccc(S(=O)(=O)N2CCCC(c3cnn(C)c3)C2)cc1. The predicted octanol–water partition coefficient (Wildman–Crippen LogP) is 1.77. The summed E-state index contributed by atoms with van der Waals surface area (Å²) in [4.78, 5) is 11.7. The summed E-state index contributed by atoms with van der Waals surface area (Å²) in [6.07, 6.45) is 5.48. The van der Waals surface area contributed by atoms with E-state index in [0.717, 1.165) is 18.4 Å². The number of carbonyl (C=O) groups is 1. The van der Waals surface area contributed by atoms with Gasteiger partial charge in [-0.05, 0) is 42.7 Å². The average Bonchev–Trinajstić information content (AvgIpc) is 3.07. The van der Waals surface area contributed by atoms with Crippen LogP contribution in [0.2, 0.25) is 0 Å². The number of nitrogens with zero attached hydrogens (tertiary/aromatic N) is 3. The Bertz CT molecular complexity index is 858. The summed E-state index contributed by atoms with van der Waals surface area (Å²) in [6, 6.07) is 5.85. The molecular weight excluding hydrogens is 342 g/mol. The summed E-state index contributed by atoms with van der Waals surface area (Å²) >= 11 is 0. The summed E-state index contributed by atoms with van der Waals surface area (Å²) in [5.41, 5.74) is 1.39. The minimum absolute atomic E-state index is 0.145. The maximum absolute atomic E-state index is 12.9. The average molecular weight is 363 g/mol. The fraction of sp³-hybridized carbons (Fsp3) is 0.412. The van der Waals surface area contributed by atoms with Gasteiger partial charge in [0.2, 0.25) is 10.0 Å². The molecule has 1 aliphatic rings. The minimum Gasteiger partial charge on any atom is -0.465 e. The van der Waals surface area contributed by atoms with Crippen molar-refractivity contribution in [3.8, 4) is 0 Å².